The second-order valence-electron chi connectivity index (χ2n) is 6.30. The molecule has 1 unspecified atom stereocenters. The van der Waals surface area contributed by atoms with E-state index in [1.165, 1.54) is 17.9 Å². The lowest BCUT2D eigenvalue weighted by Crippen LogP contribution is -2.43. The Morgan fingerprint density at radius 3 is 2.48 bits per heavy atom. The Morgan fingerprint density at radius 1 is 1.17 bits per heavy atom. The zero-order valence-corrected chi connectivity index (χ0v) is 16.3. The van der Waals surface area contributed by atoms with Crippen molar-refractivity contribution in [2.24, 2.45) is 5.92 Å². The van der Waals surface area contributed by atoms with Crippen molar-refractivity contribution in [3.05, 3.63) is 28.7 Å². The van der Waals surface area contributed by atoms with Crippen LogP contribution in [0.2, 0.25) is 0 Å². The lowest BCUT2D eigenvalue weighted by Gasteiger charge is -2.35. The quantitative estimate of drug-likeness (QED) is 0.798. The van der Waals surface area contributed by atoms with Crippen LogP contribution in [0.1, 0.15) is 19.3 Å². The van der Waals surface area contributed by atoms with Crippen LogP contribution >= 0.6 is 27.7 Å². The minimum absolute atomic E-state index is 0.334. The van der Waals surface area contributed by atoms with E-state index in [2.05, 4.69) is 37.3 Å². The number of piperidine rings is 1. The molecule has 2 aliphatic heterocycles. The summed E-state index contributed by atoms with van der Waals surface area (Å²) in [5, 5.41) is 0. The van der Waals surface area contributed by atoms with Crippen molar-refractivity contribution in [2.75, 3.05) is 31.1 Å². The Hall–Kier alpha value is -0.0800. The highest BCUT2D eigenvalue weighted by atomic mass is 79.9. The molecule has 1 atom stereocenters. The first-order chi connectivity index (χ1) is 11.0. The van der Waals surface area contributed by atoms with Crippen LogP contribution in [0.25, 0.3) is 0 Å². The third kappa shape index (κ3) is 4.72. The van der Waals surface area contributed by atoms with E-state index in [-0.39, 0.29) is 0 Å². The number of hydrogen-bond acceptors (Lipinski definition) is 4. The summed E-state index contributed by atoms with van der Waals surface area (Å²) in [5.41, 5.74) is 0. The van der Waals surface area contributed by atoms with Crippen molar-refractivity contribution in [3.8, 4) is 0 Å². The highest BCUT2D eigenvalue weighted by Crippen LogP contribution is 2.27. The van der Waals surface area contributed by atoms with Gasteiger partial charge in [0.2, 0.25) is 10.0 Å². The van der Waals surface area contributed by atoms with Gasteiger partial charge in [-0.25, -0.2) is 13.1 Å². The van der Waals surface area contributed by atoms with Gasteiger partial charge in [0, 0.05) is 22.8 Å². The zero-order valence-electron chi connectivity index (χ0n) is 13.1. The number of rotatable bonds is 5. The Bertz CT molecular complexity index is 607. The maximum absolute atomic E-state index is 12.3. The Kier molecular flexibility index (Phi) is 6.07. The Labute approximate surface area is 151 Å². The predicted molar refractivity (Wildman–Crippen MR) is 99.4 cm³/mol. The molecule has 0 amide bonds. The molecule has 23 heavy (non-hydrogen) atoms. The largest absolute Gasteiger partial charge is 0.300 e. The number of nitrogens with zero attached hydrogens (tertiary/aromatic N) is 1. The van der Waals surface area contributed by atoms with E-state index in [1.807, 2.05) is 0 Å². The van der Waals surface area contributed by atoms with Gasteiger partial charge in [0.25, 0.3) is 0 Å². The summed E-state index contributed by atoms with van der Waals surface area (Å²) < 4.78 is 28.3. The van der Waals surface area contributed by atoms with Gasteiger partial charge in [0.15, 0.2) is 0 Å². The number of halogens is 1. The maximum atomic E-state index is 12.3. The van der Waals surface area contributed by atoms with Gasteiger partial charge in [-0.05, 0) is 68.3 Å². The molecule has 2 aliphatic rings. The van der Waals surface area contributed by atoms with Crippen molar-refractivity contribution in [1.82, 2.24) is 9.62 Å². The Balaban J connectivity index is 1.48. The van der Waals surface area contributed by atoms with E-state index >= 15 is 0 Å². The number of thioether (sulfide) groups is 1. The number of sulfonamides is 1. The van der Waals surface area contributed by atoms with Gasteiger partial charge in [-0.2, -0.15) is 11.8 Å². The fourth-order valence-corrected chi connectivity index (χ4v) is 5.89. The van der Waals surface area contributed by atoms with E-state index in [0.717, 1.165) is 36.4 Å². The average Bonchev–Trinajstić information content (AvgIpc) is 3.08. The molecule has 0 spiro atoms. The molecule has 1 aromatic rings. The zero-order chi connectivity index (χ0) is 16.3. The van der Waals surface area contributed by atoms with Gasteiger partial charge >= 0.3 is 0 Å². The van der Waals surface area contributed by atoms with E-state index in [9.17, 15) is 8.42 Å². The second kappa shape index (κ2) is 7.87. The molecule has 0 bridgehead atoms. The number of benzene rings is 1. The topological polar surface area (TPSA) is 49.4 Å². The molecule has 0 aliphatic carbocycles. The first-order valence-electron chi connectivity index (χ1n) is 8.11. The van der Waals surface area contributed by atoms with Crippen LogP contribution in [0.15, 0.2) is 33.6 Å². The molecule has 7 heteroatoms. The van der Waals surface area contributed by atoms with E-state index in [1.54, 1.807) is 24.3 Å². The minimum Gasteiger partial charge on any atom is -0.300 e. The molecule has 4 nitrogen and oxygen atoms in total. The van der Waals surface area contributed by atoms with Gasteiger partial charge in [-0.1, -0.05) is 15.9 Å². The summed E-state index contributed by atoms with van der Waals surface area (Å²) in [5.74, 6) is 3.00. The van der Waals surface area contributed by atoms with Gasteiger partial charge in [0.1, 0.15) is 0 Å². The van der Waals surface area contributed by atoms with Crippen molar-refractivity contribution >= 4 is 37.7 Å². The summed E-state index contributed by atoms with van der Waals surface area (Å²) >= 11 is 5.38. The molecule has 2 fully saturated rings. The maximum Gasteiger partial charge on any atom is 0.240 e. The first-order valence-corrected chi connectivity index (χ1v) is 11.5. The predicted octanol–water partition coefficient (Wildman–Crippen LogP) is 2.94. The van der Waals surface area contributed by atoms with Crippen LogP contribution < -0.4 is 4.72 Å². The highest BCUT2D eigenvalue weighted by molar-refractivity contribution is 9.10. The fourth-order valence-electron chi connectivity index (χ4n) is 3.26. The van der Waals surface area contributed by atoms with Crippen LogP contribution in [0.4, 0.5) is 0 Å². The standard InChI is InChI=1S/C16H23BrN2O2S2/c17-14-1-3-16(4-2-14)23(20,21)18-11-13-5-8-19(9-6-13)15-7-10-22-12-15/h1-4,13,15,18H,5-12H2. The summed E-state index contributed by atoms with van der Waals surface area (Å²) in [6.45, 7) is 2.76. The van der Waals surface area contributed by atoms with Gasteiger partial charge in [-0.3, -0.25) is 4.90 Å². The lowest BCUT2D eigenvalue weighted by molar-refractivity contribution is 0.145. The van der Waals surface area contributed by atoms with Gasteiger partial charge in [-0.15, -0.1) is 0 Å². The minimum atomic E-state index is -3.39. The molecule has 0 saturated carbocycles. The van der Waals surface area contributed by atoms with Gasteiger partial charge in [0.05, 0.1) is 4.90 Å². The summed E-state index contributed by atoms with van der Waals surface area (Å²) in [6.07, 6.45) is 3.49. The van der Waals surface area contributed by atoms with Crippen molar-refractivity contribution in [3.63, 3.8) is 0 Å². The first kappa shape index (κ1) is 17.7. The number of likely N-dealkylation sites (tertiary alicyclic amines) is 1. The van der Waals surface area contributed by atoms with Crippen LogP contribution in [0.5, 0.6) is 0 Å². The molecule has 128 valence electrons. The van der Waals surface area contributed by atoms with Crippen LogP contribution in [-0.2, 0) is 10.0 Å². The van der Waals surface area contributed by atoms with Crippen molar-refractivity contribution < 1.29 is 8.42 Å². The average molecular weight is 419 g/mol. The van der Waals surface area contributed by atoms with Crippen molar-refractivity contribution in [2.45, 2.75) is 30.2 Å². The normalized spacial score (nSPS) is 24.1. The third-order valence-corrected chi connectivity index (χ3v) is 7.87. The molecule has 1 aromatic carbocycles. The van der Waals surface area contributed by atoms with E-state index in [4.69, 9.17) is 0 Å². The van der Waals surface area contributed by atoms with E-state index < -0.39 is 10.0 Å². The smallest absolute Gasteiger partial charge is 0.240 e. The van der Waals surface area contributed by atoms with Gasteiger partial charge < -0.3 is 0 Å². The molecule has 3 rings (SSSR count). The monoisotopic (exact) mass is 418 g/mol. The Morgan fingerprint density at radius 2 is 1.87 bits per heavy atom. The van der Waals surface area contributed by atoms with E-state index in [0.29, 0.717) is 17.4 Å². The second-order valence-corrected chi connectivity index (χ2v) is 10.1. The van der Waals surface area contributed by atoms with Crippen LogP contribution in [0, 0.1) is 5.92 Å². The summed E-state index contributed by atoms with van der Waals surface area (Å²) in [7, 11) is -3.39. The van der Waals surface area contributed by atoms with Crippen molar-refractivity contribution in [1.29, 1.82) is 0 Å². The van der Waals surface area contributed by atoms with Crippen LogP contribution in [-0.4, -0.2) is 50.5 Å². The van der Waals surface area contributed by atoms with Crippen LogP contribution in [0.3, 0.4) is 0 Å². The summed E-state index contributed by atoms with van der Waals surface area (Å²) in [4.78, 5) is 2.93. The SMILES string of the molecule is O=S(=O)(NCC1CCN(C2CCSC2)CC1)c1ccc(Br)cc1. The summed E-state index contributed by atoms with van der Waals surface area (Å²) in [6, 6.07) is 7.53. The highest BCUT2D eigenvalue weighted by Gasteiger charge is 2.28. The molecule has 0 aromatic heterocycles. The molecule has 2 saturated heterocycles. The fraction of sp³-hybridized carbons (Fsp3) is 0.625. The molecular formula is C16H23BrN2O2S2. The molecule has 1 N–H and O–H groups in total. The lowest BCUT2D eigenvalue weighted by atomic mass is 9.96. The molecule has 2 heterocycles. The molecular weight excluding hydrogens is 396 g/mol. The third-order valence-electron chi connectivity index (χ3n) is 4.76. The molecule has 0 radical (unpaired) electrons. The number of hydrogen-bond donors (Lipinski definition) is 1. The number of nitrogens with one attached hydrogen (secondary N) is 1.